The number of likely N-dealkylation sites (N-methyl/N-ethyl adjacent to an activating group) is 1. The summed E-state index contributed by atoms with van der Waals surface area (Å²) in [5.41, 5.74) is 0.135. The van der Waals surface area contributed by atoms with Crippen LogP contribution in [0, 0.1) is 17.6 Å². The molecule has 0 saturated heterocycles. The van der Waals surface area contributed by atoms with Crippen LogP contribution < -0.4 is 4.90 Å². The normalized spacial score (nSPS) is 14.3. The van der Waals surface area contributed by atoms with Crippen molar-refractivity contribution in [3.63, 3.8) is 0 Å². The van der Waals surface area contributed by atoms with E-state index in [1.807, 2.05) is 0 Å². The first-order valence-electron chi connectivity index (χ1n) is 8.82. The molecule has 1 amide bonds. The third kappa shape index (κ3) is 4.32. The second kappa shape index (κ2) is 9.06. The van der Waals surface area contributed by atoms with Gasteiger partial charge in [0.1, 0.15) is 11.3 Å². The van der Waals surface area contributed by atoms with E-state index in [4.69, 9.17) is 0 Å². The van der Waals surface area contributed by atoms with Crippen LogP contribution in [0.1, 0.15) is 33.1 Å². The Hall–Kier alpha value is -1.31. The highest BCUT2D eigenvalue weighted by Crippen LogP contribution is 2.34. The minimum absolute atomic E-state index is 0. The number of benzene rings is 1. The number of rotatable bonds is 7. The van der Waals surface area contributed by atoms with Gasteiger partial charge >= 0.3 is 0 Å². The van der Waals surface area contributed by atoms with Crippen LogP contribution in [0.4, 0.5) is 13.9 Å². The zero-order valence-corrected chi connectivity index (χ0v) is 16.6. The first kappa shape index (κ1) is 21.0. The van der Waals surface area contributed by atoms with E-state index in [2.05, 4.69) is 23.7 Å². The van der Waals surface area contributed by atoms with Crippen LogP contribution in [0.3, 0.4) is 0 Å². The van der Waals surface area contributed by atoms with Crippen molar-refractivity contribution >= 4 is 45.0 Å². The molecule has 8 heteroatoms. The molecule has 1 fully saturated rings. The molecule has 1 heterocycles. The van der Waals surface area contributed by atoms with Crippen LogP contribution in [0.5, 0.6) is 0 Å². The van der Waals surface area contributed by atoms with E-state index in [1.54, 1.807) is 4.90 Å². The Morgan fingerprint density at radius 3 is 2.50 bits per heavy atom. The molecule has 1 aromatic heterocycles. The molecule has 3 rings (SSSR count). The predicted molar refractivity (Wildman–Crippen MR) is 104 cm³/mol. The number of thiazole rings is 1. The minimum atomic E-state index is -0.683. The van der Waals surface area contributed by atoms with E-state index in [-0.39, 0.29) is 29.7 Å². The average molecular weight is 404 g/mol. The molecule has 0 aliphatic heterocycles. The number of hydrogen-bond acceptors (Lipinski definition) is 4. The van der Waals surface area contributed by atoms with Gasteiger partial charge in [-0.1, -0.05) is 31.6 Å². The fourth-order valence-electron chi connectivity index (χ4n) is 3.02. The van der Waals surface area contributed by atoms with E-state index in [1.165, 1.54) is 17.4 Å². The van der Waals surface area contributed by atoms with Crippen LogP contribution in [0.2, 0.25) is 0 Å². The Bertz CT molecular complexity index is 762. The van der Waals surface area contributed by atoms with Gasteiger partial charge in [0.15, 0.2) is 10.9 Å². The lowest BCUT2D eigenvalue weighted by Crippen LogP contribution is -2.43. The third-order valence-electron chi connectivity index (χ3n) is 4.89. The smallest absolute Gasteiger partial charge is 0.231 e. The summed E-state index contributed by atoms with van der Waals surface area (Å²) < 4.78 is 27.9. The maximum absolute atomic E-state index is 14.0. The number of anilines is 1. The Balaban J connectivity index is 0.00000243. The van der Waals surface area contributed by atoms with E-state index in [0.29, 0.717) is 16.4 Å². The van der Waals surface area contributed by atoms with Crippen molar-refractivity contribution in [1.29, 1.82) is 0 Å². The molecule has 0 spiro atoms. The standard InChI is InChI=1S/C18H23F2N3OS.ClH/c1-3-22(4-2)8-9-23(17(24)12-6-5-7-12)18-21-16-14(20)10-13(19)11-15(16)25-18;/h10-12H,3-9H2,1-2H3;1H. The number of nitrogens with zero attached hydrogens (tertiary/aromatic N) is 3. The number of carbonyl (C=O) groups is 1. The number of carbonyl (C=O) groups excluding carboxylic acids is 1. The topological polar surface area (TPSA) is 36.4 Å². The molecule has 1 saturated carbocycles. The minimum Gasteiger partial charge on any atom is -0.302 e. The number of fused-ring (bicyclic) bond motifs is 1. The Morgan fingerprint density at radius 1 is 1.23 bits per heavy atom. The van der Waals surface area contributed by atoms with Gasteiger partial charge in [-0.25, -0.2) is 13.8 Å². The molecule has 144 valence electrons. The summed E-state index contributed by atoms with van der Waals surface area (Å²) in [7, 11) is 0. The second-order valence-corrected chi connectivity index (χ2v) is 7.38. The summed E-state index contributed by atoms with van der Waals surface area (Å²) in [6.45, 7) is 7.22. The molecule has 26 heavy (non-hydrogen) atoms. The van der Waals surface area contributed by atoms with Crippen molar-refractivity contribution in [2.45, 2.75) is 33.1 Å². The summed E-state index contributed by atoms with van der Waals surface area (Å²) in [5.74, 6) is -1.22. The van der Waals surface area contributed by atoms with Crippen molar-refractivity contribution in [3.05, 3.63) is 23.8 Å². The van der Waals surface area contributed by atoms with Crippen LogP contribution in [0.15, 0.2) is 12.1 Å². The number of halogens is 3. The number of aromatic nitrogens is 1. The van der Waals surface area contributed by atoms with Crippen molar-refractivity contribution in [2.24, 2.45) is 5.92 Å². The molecule has 0 atom stereocenters. The van der Waals surface area contributed by atoms with E-state index in [0.717, 1.165) is 45.0 Å². The van der Waals surface area contributed by atoms with Gasteiger partial charge in [0.2, 0.25) is 5.91 Å². The van der Waals surface area contributed by atoms with Gasteiger partial charge in [-0.15, -0.1) is 12.4 Å². The molecule has 1 aliphatic carbocycles. The van der Waals surface area contributed by atoms with Crippen LogP contribution in [-0.2, 0) is 4.79 Å². The largest absolute Gasteiger partial charge is 0.302 e. The van der Waals surface area contributed by atoms with Gasteiger partial charge in [0.05, 0.1) is 4.70 Å². The SMILES string of the molecule is CCN(CC)CCN(C(=O)C1CCC1)c1nc2c(F)cc(F)cc2s1.Cl. The number of hydrogen-bond donors (Lipinski definition) is 0. The van der Waals surface area contributed by atoms with E-state index >= 15 is 0 Å². The predicted octanol–water partition coefficient (Wildman–Crippen LogP) is 4.47. The number of amides is 1. The Labute approximate surface area is 162 Å². The van der Waals surface area contributed by atoms with Gasteiger partial charge in [-0.05, 0) is 32.0 Å². The van der Waals surface area contributed by atoms with Gasteiger partial charge in [-0.3, -0.25) is 9.69 Å². The second-order valence-electron chi connectivity index (χ2n) is 6.38. The lowest BCUT2D eigenvalue weighted by atomic mass is 9.84. The first-order chi connectivity index (χ1) is 12.0. The van der Waals surface area contributed by atoms with Crippen LogP contribution in [0.25, 0.3) is 10.2 Å². The van der Waals surface area contributed by atoms with Crippen molar-refractivity contribution in [1.82, 2.24) is 9.88 Å². The molecular formula is C18H24ClF2N3OS. The zero-order chi connectivity index (χ0) is 18.0. The summed E-state index contributed by atoms with van der Waals surface area (Å²) in [6.07, 6.45) is 2.86. The average Bonchev–Trinajstić information content (AvgIpc) is 2.93. The summed E-state index contributed by atoms with van der Waals surface area (Å²) >= 11 is 1.18. The third-order valence-corrected chi connectivity index (χ3v) is 5.91. The van der Waals surface area contributed by atoms with Gasteiger partial charge in [-0.2, -0.15) is 0 Å². The van der Waals surface area contributed by atoms with Crippen molar-refractivity contribution in [3.8, 4) is 0 Å². The molecule has 0 radical (unpaired) electrons. The highest BCUT2D eigenvalue weighted by molar-refractivity contribution is 7.22. The van der Waals surface area contributed by atoms with Crippen LogP contribution >= 0.6 is 23.7 Å². The highest BCUT2D eigenvalue weighted by Gasteiger charge is 2.32. The Kier molecular flexibility index (Phi) is 7.32. The monoisotopic (exact) mass is 403 g/mol. The fourth-order valence-corrected chi connectivity index (χ4v) is 4.05. The van der Waals surface area contributed by atoms with Gasteiger partial charge in [0.25, 0.3) is 0 Å². The van der Waals surface area contributed by atoms with Crippen molar-refractivity contribution in [2.75, 3.05) is 31.1 Å². The maximum atomic E-state index is 14.0. The van der Waals surface area contributed by atoms with Gasteiger partial charge in [0, 0.05) is 25.1 Å². The highest BCUT2D eigenvalue weighted by atomic mass is 35.5. The van der Waals surface area contributed by atoms with Crippen LogP contribution in [-0.4, -0.2) is 42.0 Å². The maximum Gasteiger partial charge on any atom is 0.231 e. The Morgan fingerprint density at radius 2 is 1.92 bits per heavy atom. The lowest BCUT2D eigenvalue weighted by Gasteiger charge is -2.31. The quantitative estimate of drug-likeness (QED) is 0.684. The molecule has 0 bridgehead atoms. The summed E-state index contributed by atoms with van der Waals surface area (Å²) in [6, 6.07) is 2.11. The summed E-state index contributed by atoms with van der Waals surface area (Å²) in [5, 5.41) is 0.462. The van der Waals surface area contributed by atoms with Crippen molar-refractivity contribution < 1.29 is 13.6 Å². The zero-order valence-electron chi connectivity index (χ0n) is 15.0. The van der Waals surface area contributed by atoms with E-state index < -0.39 is 11.6 Å². The molecule has 0 N–H and O–H groups in total. The van der Waals surface area contributed by atoms with E-state index in [9.17, 15) is 13.6 Å². The fraction of sp³-hybridized carbons (Fsp3) is 0.556. The lowest BCUT2D eigenvalue weighted by molar-refractivity contribution is -0.124. The summed E-state index contributed by atoms with van der Waals surface area (Å²) in [4.78, 5) is 21.1. The molecule has 0 unspecified atom stereocenters. The first-order valence-corrected chi connectivity index (χ1v) is 9.64. The molecule has 1 aliphatic rings. The van der Waals surface area contributed by atoms with Gasteiger partial charge < -0.3 is 4.90 Å². The molecule has 2 aromatic rings. The molecular weight excluding hydrogens is 380 g/mol. The molecule has 1 aromatic carbocycles. The molecule has 4 nitrogen and oxygen atoms in total.